The Bertz CT molecular complexity index is 2310. The number of allylic oxidation sites excluding steroid dienone is 12. The molecule has 6 aromatic rings. The number of nitrogens with zero attached hydrogens (tertiary/aromatic N) is 4. The highest BCUT2D eigenvalue weighted by Crippen LogP contribution is 2.51. The van der Waals surface area contributed by atoms with E-state index in [1.165, 1.54) is 67.6 Å². The minimum absolute atomic E-state index is 0.0500. The topological polar surface area (TPSA) is 13.0 Å². The predicted molar refractivity (Wildman–Crippen MR) is 236 cm³/mol. The first-order valence-electron chi connectivity index (χ1n) is 19.6. The molecule has 4 nitrogen and oxygen atoms in total. The fraction of sp³-hybridized carbons (Fsp3) is 0.0400. The molecule has 5 aliphatic rings. The van der Waals surface area contributed by atoms with Gasteiger partial charge in [-0.05, 0) is 94.9 Å². The summed E-state index contributed by atoms with van der Waals surface area (Å²) in [4.78, 5) is 9.98. The van der Waals surface area contributed by atoms with E-state index >= 15 is 0 Å². The second-order valence-electron chi connectivity index (χ2n) is 14.9. The number of anilines is 8. The fourth-order valence-corrected chi connectivity index (χ4v) is 9.38. The third kappa shape index (κ3) is 5.25. The summed E-state index contributed by atoms with van der Waals surface area (Å²) in [5.74, 6) is 0.506. The molecule has 11 rings (SSSR count). The van der Waals surface area contributed by atoms with E-state index in [1.807, 2.05) is 0 Å². The zero-order chi connectivity index (χ0) is 37.0. The summed E-state index contributed by atoms with van der Waals surface area (Å²) in [5.41, 5.74) is 14.8. The van der Waals surface area contributed by atoms with Gasteiger partial charge in [0.15, 0.2) is 0 Å². The van der Waals surface area contributed by atoms with E-state index in [1.54, 1.807) is 0 Å². The van der Waals surface area contributed by atoms with Gasteiger partial charge in [0, 0.05) is 34.6 Å². The van der Waals surface area contributed by atoms with Crippen LogP contribution in [0.15, 0.2) is 241 Å². The Morgan fingerprint density at radius 1 is 0.321 bits per heavy atom. The minimum Gasteiger partial charge on any atom is -0.360 e. The number of para-hydroxylation sites is 8. The van der Waals surface area contributed by atoms with Gasteiger partial charge in [0.1, 0.15) is 0 Å². The summed E-state index contributed by atoms with van der Waals surface area (Å²) in [6.07, 6.45) is 19.3. The molecule has 6 heteroatoms. The zero-order valence-electron chi connectivity index (χ0n) is 30.9. The Hall–Kier alpha value is -6.91. The van der Waals surface area contributed by atoms with Crippen LogP contribution in [0.2, 0.25) is 0 Å². The van der Waals surface area contributed by atoms with Crippen LogP contribution >= 0.6 is 0 Å². The van der Waals surface area contributed by atoms with E-state index in [0.717, 1.165) is 0 Å². The largest absolute Gasteiger partial charge is 0.420 e. The zero-order valence-corrected chi connectivity index (χ0v) is 30.9. The lowest BCUT2D eigenvalue weighted by atomic mass is 9.58. The summed E-state index contributed by atoms with van der Waals surface area (Å²) in [6, 6.07) is 60.9. The van der Waals surface area contributed by atoms with E-state index < -0.39 is 0 Å². The number of hydrogen-bond donors (Lipinski definition) is 0. The highest BCUT2D eigenvalue weighted by molar-refractivity contribution is 6.80. The molecule has 6 aromatic carbocycles. The molecular formula is C50H38B2N4. The predicted octanol–water partition coefficient (Wildman–Crippen LogP) is 12.1. The van der Waals surface area contributed by atoms with E-state index in [2.05, 4.69) is 238 Å². The van der Waals surface area contributed by atoms with Gasteiger partial charge < -0.3 is 19.2 Å². The second-order valence-corrected chi connectivity index (χ2v) is 14.9. The smallest absolute Gasteiger partial charge is 0.360 e. The molecule has 3 aliphatic carbocycles. The fourth-order valence-electron chi connectivity index (χ4n) is 9.38. The first-order valence-corrected chi connectivity index (χ1v) is 19.6. The number of rotatable bonds is 6. The molecular weight excluding hydrogens is 678 g/mol. The number of fused-ring (bicyclic) bond motifs is 5. The van der Waals surface area contributed by atoms with Crippen molar-refractivity contribution >= 4 is 59.5 Å². The average molecular weight is 717 g/mol. The maximum atomic E-state index is 2.50. The molecule has 264 valence electrons. The molecule has 0 aromatic heterocycles. The monoisotopic (exact) mass is 716 g/mol. The van der Waals surface area contributed by atoms with Crippen LogP contribution in [-0.4, -0.2) is 14.0 Å². The summed E-state index contributed by atoms with van der Waals surface area (Å²) in [5, 5.41) is 0. The molecule has 56 heavy (non-hydrogen) atoms. The van der Waals surface area contributed by atoms with Gasteiger partial charge in [-0.25, -0.2) is 0 Å². The van der Waals surface area contributed by atoms with Crippen molar-refractivity contribution in [2.45, 2.75) is 0 Å². The van der Waals surface area contributed by atoms with Crippen molar-refractivity contribution in [1.29, 1.82) is 0 Å². The molecule has 0 saturated carbocycles. The van der Waals surface area contributed by atoms with Crippen molar-refractivity contribution in [3.05, 3.63) is 241 Å². The van der Waals surface area contributed by atoms with Crippen molar-refractivity contribution < 1.29 is 0 Å². The summed E-state index contributed by atoms with van der Waals surface area (Å²) < 4.78 is 0. The van der Waals surface area contributed by atoms with Gasteiger partial charge in [0.2, 0.25) is 0 Å². The van der Waals surface area contributed by atoms with Crippen LogP contribution in [0.4, 0.5) is 45.5 Å². The van der Waals surface area contributed by atoms with Gasteiger partial charge in [-0.15, -0.1) is 0 Å². The minimum atomic E-state index is -0.0500. The van der Waals surface area contributed by atoms with Gasteiger partial charge in [-0.1, -0.05) is 146 Å². The maximum absolute atomic E-state index is 2.50. The van der Waals surface area contributed by atoms with Gasteiger partial charge in [-0.3, -0.25) is 0 Å². The van der Waals surface area contributed by atoms with Gasteiger partial charge in [-0.2, -0.15) is 0 Å². The normalized spacial score (nSPS) is 19.1. The van der Waals surface area contributed by atoms with E-state index in [9.17, 15) is 0 Å². The molecule has 2 heterocycles. The Morgan fingerprint density at radius 2 is 0.589 bits per heavy atom. The average Bonchev–Trinajstić information content (AvgIpc) is 3.81. The van der Waals surface area contributed by atoms with E-state index in [4.69, 9.17) is 0 Å². The highest BCUT2D eigenvalue weighted by Gasteiger charge is 2.47. The molecule has 0 bridgehead atoms. The van der Waals surface area contributed by atoms with Crippen molar-refractivity contribution in [2.24, 2.45) is 11.8 Å². The molecule has 0 saturated heterocycles. The Balaban J connectivity index is 0.995. The molecule has 0 fully saturated rings. The van der Waals surface area contributed by atoms with Crippen LogP contribution in [0.3, 0.4) is 0 Å². The van der Waals surface area contributed by atoms with Crippen molar-refractivity contribution in [3.8, 4) is 0 Å². The van der Waals surface area contributed by atoms with Gasteiger partial charge in [0.25, 0.3) is 0 Å². The molecule has 0 spiro atoms. The van der Waals surface area contributed by atoms with Crippen LogP contribution in [0, 0.1) is 11.8 Å². The van der Waals surface area contributed by atoms with Crippen LogP contribution in [0.5, 0.6) is 0 Å². The van der Waals surface area contributed by atoms with Crippen LogP contribution < -0.4 is 19.2 Å². The van der Waals surface area contributed by atoms with Gasteiger partial charge in [0.05, 0.1) is 22.7 Å². The highest BCUT2D eigenvalue weighted by atomic mass is 15.3. The SMILES string of the molecule is C1=CC2C(=CC=C3C=C(B4N(c5ccccc5)c5ccccc5N4c4ccccc4)C=CC32)C=C1B1N(c2ccccc2)c2ccccc2N1c1ccccc1. The molecule has 2 atom stereocenters. The number of hydrogen-bond acceptors (Lipinski definition) is 4. The van der Waals surface area contributed by atoms with Gasteiger partial charge >= 0.3 is 14.0 Å². The maximum Gasteiger partial charge on any atom is 0.420 e. The lowest BCUT2D eigenvalue weighted by molar-refractivity contribution is 0.613. The Labute approximate surface area is 329 Å². The molecule has 2 unspecified atom stereocenters. The lowest BCUT2D eigenvalue weighted by Crippen LogP contribution is -2.46. The third-order valence-electron chi connectivity index (χ3n) is 11.8. The first-order chi connectivity index (χ1) is 27.8. The lowest BCUT2D eigenvalue weighted by Gasteiger charge is -2.37. The summed E-state index contributed by atoms with van der Waals surface area (Å²) >= 11 is 0. The van der Waals surface area contributed by atoms with E-state index in [-0.39, 0.29) is 25.8 Å². The second kappa shape index (κ2) is 13.4. The first kappa shape index (κ1) is 32.5. The third-order valence-corrected chi connectivity index (χ3v) is 11.8. The standard InChI is InChI=1S/C50H38B2N4/c1-5-17-41(18-6-1)53-47-25-13-14-26-48(47)54(42-19-7-2-8-20-42)51(53)39-31-33-45-37(35-39)29-30-38-36-40(32-34-46(38)45)52-55(43-21-9-3-10-22-43)49-27-15-16-28-50(49)56(52)44-23-11-4-12-24-44/h1-36,45-46H. The summed E-state index contributed by atoms with van der Waals surface area (Å²) in [6.45, 7) is -0.1000. The Kier molecular flexibility index (Phi) is 7.80. The van der Waals surface area contributed by atoms with Crippen LogP contribution in [0.1, 0.15) is 0 Å². The van der Waals surface area contributed by atoms with E-state index in [0.29, 0.717) is 0 Å². The van der Waals surface area contributed by atoms with Crippen molar-refractivity contribution in [1.82, 2.24) is 0 Å². The number of benzene rings is 6. The van der Waals surface area contributed by atoms with Crippen LogP contribution in [0.25, 0.3) is 0 Å². The summed E-state index contributed by atoms with van der Waals surface area (Å²) in [7, 11) is 0. The quantitative estimate of drug-likeness (QED) is 0.159. The van der Waals surface area contributed by atoms with Crippen LogP contribution in [-0.2, 0) is 0 Å². The molecule has 0 N–H and O–H groups in total. The van der Waals surface area contributed by atoms with Crippen molar-refractivity contribution in [3.63, 3.8) is 0 Å². The van der Waals surface area contributed by atoms with Crippen molar-refractivity contribution in [2.75, 3.05) is 19.2 Å². The Morgan fingerprint density at radius 3 is 0.875 bits per heavy atom. The molecule has 0 radical (unpaired) electrons. The molecule has 0 amide bonds. The molecule has 2 aliphatic heterocycles.